The van der Waals surface area contributed by atoms with Gasteiger partial charge in [0.2, 0.25) is 5.91 Å². The van der Waals surface area contributed by atoms with Crippen LogP contribution < -0.4 is 0 Å². The molecular weight excluding hydrogens is 426 g/mol. The largest absolute Gasteiger partial charge is 0.466 e. The van der Waals surface area contributed by atoms with E-state index in [1.807, 2.05) is 40.8 Å². The van der Waals surface area contributed by atoms with Crippen molar-refractivity contribution in [3.05, 3.63) is 51.8 Å². The van der Waals surface area contributed by atoms with E-state index >= 15 is 0 Å². The lowest BCUT2D eigenvalue weighted by Crippen LogP contribution is -2.38. The van der Waals surface area contributed by atoms with Crippen LogP contribution in [0.5, 0.6) is 0 Å². The molecule has 0 atom stereocenters. The van der Waals surface area contributed by atoms with Crippen molar-refractivity contribution in [3.63, 3.8) is 0 Å². The number of ether oxygens (including phenoxy) is 1. The van der Waals surface area contributed by atoms with E-state index in [9.17, 15) is 9.59 Å². The van der Waals surface area contributed by atoms with Crippen LogP contribution in [0.2, 0.25) is 5.02 Å². The summed E-state index contributed by atoms with van der Waals surface area (Å²) in [6, 6.07) is 7.83. The highest BCUT2D eigenvalue weighted by Gasteiger charge is 2.31. The first-order chi connectivity index (χ1) is 15.4. The number of hydrogen-bond acceptors (Lipinski definition) is 4. The molecular formula is C25H32ClN3O3. The maximum Gasteiger partial charge on any atom is 0.308 e. The van der Waals surface area contributed by atoms with Crippen molar-refractivity contribution < 1.29 is 14.3 Å². The van der Waals surface area contributed by atoms with Crippen molar-refractivity contribution in [2.24, 2.45) is 11.8 Å². The van der Waals surface area contributed by atoms with Gasteiger partial charge in [0.25, 0.3) is 0 Å². The fourth-order valence-corrected chi connectivity index (χ4v) is 5.15. The van der Waals surface area contributed by atoms with Gasteiger partial charge in [0.05, 0.1) is 37.0 Å². The van der Waals surface area contributed by atoms with Gasteiger partial charge in [0.15, 0.2) is 0 Å². The second-order valence-electron chi connectivity index (χ2n) is 9.03. The van der Waals surface area contributed by atoms with Crippen LogP contribution >= 0.6 is 11.6 Å². The Morgan fingerprint density at radius 1 is 1.16 bits per heavy atom. The van der Waals surface area contributed by atoms with Crippen LogP contribution in [-0.2, 0) is 33.8 Å². The van der Waals surface area contributed by atoms with Gasteiger partial charge in [-0.2, -0.15) is 5.10 Å². The van der Waals surface area contributed by atoms with Gasteiger partial charge in [-0.1, -0.05) is 23.7 Å². The Bertz CT molecular complexity index is 962. The summed E-state index contributed by atoms with van der Waals surface area (Å²) in [7, 11) is 0. The molecule has 4 rings (SSSR count). The number of carbonyl (C=O) groups excluding carboxylic acids is 2. The summed E-state index contributed by atoms with van der Waals surface area (Å²) < 4.78 is 7.20. The van der Waals surface area contributed by atoms with Crippen LogP contribution in [0.15, 0.2) is 24.3 Å². The zero-order valence-electron chi connectivity index (χ0n) is 19.0. The van der Waals surface area contributed by atoms with Crippen LogP contribution in [-0.4, -0.2) is 39.7 Å². The van der Waals surface area contributed by atoms with Crippen LogP contribution in [0, 0.1) is 18.8 Å². The van der Waals surface area contributed by atoms with Crippen molar-refractivity contribution in [2.75, 3.05) is 13.2 Å². The van der Waals surface area contributed by atoms with E-state index in [-0.39, 0.29) is 17.8 Å². The van der Waals surface area contributed by atoms with Gasteiger partial charge in [-0.3, -0.25) is 14.3 Å². The van der Waals surface area contributed by atoms with Crippen LogP contribution in [0.25, 0.3) is 0 Å². The molecule has 0 unspecified atom stereocenters. The smallest absolute Gasteiger partial charge is 0.308 e. The Morgan fingerprint density at radius 2 is 1.88 bits per heavy atom. The van der Waals surface area contributed by atoms with Crippen LogP contribution in [0.4, 0.5) is 0 Å². The molecule has 1 aromatic carbocycles. The SMILES string of the molecule is CCOC(=O)C1CCC(CC(=O)N2CCc3c(C)nn(Cc4ccc(Cl)cc4)c3C2)CC1. The minimum Gasteiger partial charge on any atom is -0.466 e. The Hall–Kier alpha value is -2.34. The van der Waals surface area contributed by atoms with Crippen molar-refractivity contribution in [1.29, 1.82) is 0 Å². The Kier molecular flexibility index (Phi) is 7.19. The number of rotatable bonds is 6. The molecule has 1 fully saturated rings. The molecule has 0 radical (unpaired) electrons. The lowest BCUT2D eigenvalue weighted by Gasteiger charge is -2.31. The summed E-state index contributed by atoms with van der Waals surface area (Å²) in [6.45, 7) is 6.36. The topological polar surface area (TPSA) is 64.4 Å². The minimum atomic E-state index is -0.0786. The van der Waals surface area contributed by atoms with Gasteiger partial charge in [-0.15, -0.1) is 0 Å². The Labute approximate surface area is 194 Å². The predicted octanol–water partition coefficient (Wildman–Crippen LogP) is 4.54. The van der Waals surface area contributed by atoms with E-state index in [1.165, 1.54) is 5.56 Å². The summed E-state index contributed by atoms with van der Waals surface area (Å²) in [5.41, 5.74) is 4.61. The zero-order valence-corrected chi connectivity index (χ0v) is 19.7. The maximum absolute atomic E-state index is 13.1. The molecule has 0 saturated heterocycles. The molecule has 2 heterocycles. The molecule has 1 saturated carbocycles. The first-order valence-corrected chi connectivity index (χ1v) is 12.1. The summed E-state index contributed by atoms with van der Waals surface area (Å²) in [4.78, 5) is 27.0. The van der Waals surface area contributed by atoms with Gasteiger partial charge >= 0.3 is 5.97 Å². The lowest BCUT2D eigenvalue weighted by atomic mass is 9.80. The first kappa shape index (κ1) is 22.8. The summed E-state index contributed by atoms with van der Waals surface area (Å²) in [6.07, 6.45) is 4.91. The van der Waals surface area contributed by atoms with E-state index in [1.54, 1.807) is 0 Å². The number of carbonyl (C=O) groups is 2. The minimum absolute atomic E-state index is 0.00374. The second kappa shape index (κ2) is 10.1. The third-order valence-corrected chi connectivity index (χ3v) is 7.12. The molecule has 32 heavy (non-hydrogen) atoms. The fourth-order valence-electron chi connectivity index (χ4n) is 5.02. The average molecular weight is 458 g/mol. The molecule has 1 aliphatic heterocycles. The molecule has 172 valence electrons. The highest BCUT2D eigenvalue weighted by molar-refractivity contribution is 6.30. The number of aromatic nitrogens is 2. The van der Waals surface area contributed by atoms with Crippen molar-refractivity contribution in [2.45, 2.75) is 65.5 Å². The molecule has 1 aliphatic carbocycles. The fraction of sp³-hybridized carbons (Fsp3) is 0.560. The molecule has 0 spiro atoms. The molecule has 0 bridgehead atoms. The van der Waals surface area contributed by atoms with E-state index in [0.717, 1.165) is 60.6 Å². The number of fused-ring (bicyclic) bond motifs is 1. The third kappa shape index (κ3) is 5.17. The number of aryl methyl sites for hydroxylation is 1. The molecule has 6 nitrogen and oxygen atoms in total. The average Bonchev–Trinajstić information content (AvgIpc) is 3.10. The lowest BCUT2D eigenvalue weighted by molar-refractivity contribution is -0.149. The summed E-state index contributed by atoms with van der Waals surface area (Å²) in [5.74, 6) is 0.497. The maximum atomic E-state index is 13.1. The number of esters is 1. The van der Waals surface area contributed by atoms with Gasteiger partial charge < -0.3 is 9.64 Å². The highest BCUT2D eigenvalue weighted by Crippen LogP contribution is 2.33. The number of nitrogens with zero attached hydrogens (tertiary/aromatic N) is 3. The molecule has 1 amide bonds. The monoisotopic (exact) mass is 457 g/mol. The zero-order chi connectivity index (χ0) is 22.7. The highest BCUT2D eigenvalue weighted by atomic mass is 35.5. The normalized spacial score (nSPS) is 20.7. The van der Waals surface area contributed by atoms with Gasteiger partial charge in [-0.25, -0.2) is 0 Å². The van der Waals surface area contributed by atoms with Crippen molar-refractivity contribution in [3.8, 4) is 0 Å². The molecule has 0 N–H and O–H groups in total. The standard InChI is InChI=1S/C25H32ClN3O3/c1-3-32-25(31)20-8-4-18(5-9-20)14-24(30)28-13-12-22-17(2)27-29(23(22)16-28)15-19-6-10-21(26)11-7-19/h6-7,10-11,18,20H,3-5,8-9,12-16H2,1-2H3. The van der Waals surface area contributed by atoms with Crippen LogP contribution in [0.1, 0.15) is 61.5 Å². The summed E-state index contributed by atoms with van der Waals surface area (Å²) >= 11 is 6.02. The summed E-state index contributed by atoms with van der Waals surface area (Å²) in [5, 5.41) is 5.48. The molecule has 2 aromatic rings. The quantitative estimate of drug-likeness (QED) is 0.597. The first-order valence-electron chi connectivity index (χ1n) is 11.7. The Morgan fingerprint density at radius 3 is 2.56 bits per heavy atom. The van der Waals surface area contributed by atoms with Gasteiger partial charge in [0, 0.05) is 18.0 Å². The van der Waals surface area contributed by atoms with Gasteiger partial charge in [0.1, 0.15) is 0 Å². The molecule has 7 heteroatoms. The van der Waals surface area contributed by atoms with Crippen molar-refractivity contribution in [1.82, 2.24) is 14.7 Å². The Balaban J connectivity index is 1.36. The second-order valence-corrected chi connectivity index (χ2v) is 9.47. The van der Waals surface area contributed by atoms with E-state index in [0.29, 0.717) is 32.0 Å². The molecule has 2 aliphatic rings. The third-order valence-electron chi connectivity index (χ3n) is 6.87. The number of halogens is 1. The molecule has 1 aromatic heterocycles. The van der Waals surface area contributed by atoms with E-state index in [4.69, 9.17) is 21.4 Å². The van der Waals surface area contributed by atoms with Gasteiger partial charge in [-0.05, 0) is 75.1 Å². The van der Waals surface area contributed by atoms with E-state index in [2.05, 4.69) is 6.92 Å². The van der Waals surface area contributed by atoms with Crippen LogP contribution in [0.3, 0.4) is 0 Å². The van der Waals surface area contributed by atoms with Crippen molar-refractivity contribution >= 4 is 23.5 Å². The van der Waals surface area contributed by atoms with E-state index < -0.39 is 0 Å². The predicted molar refractivity (Wildman–Crippen MR) is 123 cm³/mol. The number of amides is 1. The number of benzene rings is 1. The number of hydrogen-bond donors (Lipinski definition) is 0.